The average Bonchev–Trinajstić information content (AvgIpc) is 3.40. The van der Waals surface area contributed by atoms with E-state index in [1.165, 1.54) is 22.6 Å². The lowest BCUT2D eigenvalue weighted by Crippen LogP contribution is -2.17. The third kappa shape index (κ3) is 4.35. The van der Waals surface area contributed by atoms with E-state index in [0.29, 0.717) is 21.8 Å². The molecule has 2 N–H and O–H groups in total. The molecular weight excluding hydrogens is 422 g/mol. The largest absolute Gasteiger partial charge is 0.309 e. The molecule has 8 nitrogen and oxygen atoms in total. The topological polar surface area (TPSA) is 112 Å². The Hall–Kier alpha value is -3.61. The molecule has 4 rings (SSSR count). The molecule has 0 radical (unpaired) electrons. The highest BCUT2D eigenvalue weighted by Crippen LogP contribution is 2.22. The van der Waals surface area contributed by atoms with Crippen LogP contribution in [-0.2, 0) is 4.79 Å². The Bertz CT molecular complexity index is 1210. The molecule has 0 aliphatic rings. The van der Waals surface area contributed by atoms with Crippen molar-refractivity contribution < 1.29 is 4.79 Å². The van der Waals surface area contributed by atoms with Crippen LogP contribution in [0.5, 0.6) is 0 Å². The Morgan fingerprint density at radius 3 is 2.70 bits per heavy atom. The Morgan fingerprint density at radius 1 is 1.20 bits per heavy atom. The van der Waals surface area contributed by atoms with Crippen molar-refractivity contribution in [2.45, 2.75) is 5.16 Å². The van der Waals surface area contributed by atoms with Gasteiger partial charge < -0.3 is 5.32 Å². The smallest absolute Gasteiger partial charge is 0.236 e. The number of thioether (sulfide) groups is 1. The Labute approximate surface area is 180 Å². The number of hydrogen-bond donors (Lipinski definition) is 2. The molecule has 10 heteroatoms. The van der Waals surface area contributed by atoms with Crippen LogP contribution in [-0.4, -0.2) is 36.6 Å². The van der Waals surface area contributed by atoms with Crippen molar-refractivity contribution in [2.75, 3.05) is 11.1 Å². The first-order chi connectivity index (χ1) is 14.6. The molecule has 0 aliphatic heterocycles. The zero-order chi connectivity index (χ0) is 20.9. The van der Waals surface area contributed by atoms with Crippen LogP contribution in [0.1, 0.15) is 5.56 Å². The first-order valence-corrected chi connectivity index (χ1v) is 10.1. The van der Waals surface area contributed by atoms with Crippen LogP contribution in [0.3, 0.4) is 0 Å². The molecule has 148 valence electrons. The van der Waals surface area contributed by atoms with Crippen molar-refractivity contribution in [1.82, 2.24) is 25.0 Å². The van der Waals surface area contributed by atoms with E-state index < -0.39 is 0 Å². The maximum Gasteiger partial charge on any atom is 0.236 e. The van der Waals surface area contributed by atoms with E-state index in [1.807, 2.05) is 48.5 Å². The highest BCUT2D eigenvalue weighted by Gasteiger charge is 2.16. The van der Waals surface area contributed by atoms with E-state index in [1.54, 1.807) is 12.1 Å². The molecule has 0 fully saturated rings. The van der Waals surface area contributed by atoms with Gasteiger partial charge in [0.25, 0.3) is 0 Å². The molecule has 0 spiro atoms. The number of carbonyl (C=O) groups is 1. The van der Waals surface area contributed by atoms with Crippen molar-refractivity contribution in [3.8, 4) is 23.1 Å². The fraction of sp³-hybridized carbons (Fsp3) is 0.0500. The molecule has 2 heterocycles. The van der Waals surface area contributed by atoms with E-state index in [4.69, 9.17) is 11.6 Å². The van der Waals surface area contributed by atoms with Gasteiger partial charge in [0, 0.05) is 10.6 Å². The molecule has 4 aromatic rings. The Kier molecular flexibility index (Phi) is 5.79. The van der Waals surface area contributed by atoms with Crippen LogP contribution >= 0.6 is 23.4 Å². The zero-order valence-electron chi connectivity index (χ0n) is 15.4. The number of nitrogens with zero attached hydrogens (tertiary/aromatic N) is 5. The predicted octanol–water partition coefficient (Wildman–Crippen LogP) is 3.91. The number of para-hydroxylation sites is 1. The van der Waals surface area contributed by atoms with Gasteiger partial charge in [0.1, 0.15) is 11.6 Å². The number of aromatic nitrogens is 5. The normalized spacial score (nSPS) is 10.5. The van der Waals surface area contributed by atoms with Crippen molar-refractivity contribution in [3.05, 3.63) is 71.4 Å². The standard InChI is InChI=1S/C20H14ClN7OS/c21-15-8-6-13(7-9-15)18-25-20(27-26-18)30-12-17(29)24-19-14(10-22)11-23-28(19)16-4-2-1-3-5-16/h1-9,11H,12H2,(H,24,29)(H,25,26,27). The predicted molar refractivity (Wildman–Crippen MR) is 114 cm³/mol. The fourth-order valence-corrected chi connectivity index (χ4v) is 3.39. The maximum absolute atomic E-state index is 12.5. The molecule has 0 saturated heterocycles. The summed E-state index contributed by atoms with van der Waals surface area (Å²) in [7, 11) is 0. The molecule has 0 atom stereocenters. The van der Waals surface area contributed by atoms with E-state index in [0.717, 1.165) is 11.3 Å². The van der Waals surface area contributed by atoms with Crippen molar-refractivity contribution in [2.24, 2.45) is 0 Å². The fourth-order valence-electron chi connectivity index (χ4n) is 2.66. The molecule has 0 saturated carbocycles. The lowest BCUT2D eigenvalue weighted by Gasteiger charge is -2.09. The first kappa shape index (κ1) is 19.7. The summed E-state index contributed by atoms with van der Waals surface area (Å²) in [6, 6.07) is 18.5. The number of rotatable bonds is 6. The Balaban J connectivity index is 1.43. The average molecular weight is 436 g/mol. The highest BCUT2D eigenvalue weighted by molar-refractivity contribution is 7.99. The number of halogens is 1. The summed E-state index contributed by atoms with van der Waals surface area (Å²) >= 11 is 7.08. The first-order valence-electron chi connectivity index (χ1n) is 8.78. The number of carbonyl (C=O) groups excluding carboxylic acids is 1. The molecule has 2 aromatic heterocycles. The number of nitriles is 1. The summed E-state index contributed by atoms with van der Waals surface area (Å²) < 4.78 is 1.52. The quantitative estimate of drug-likeness (QED) is 0.444. The zero-order valence-corrected chi connectivity index (χ0v) is 17.0. The lowest BCUT2D eigenvalue weighted by atomic mass is 10.2. The second kappa shape index (κ2) is 8.82. The van der Waals surface area contributed by atoms with Gasteiger partial charge in [-0.2, -0.15) is 10.4 Å². The van der Waals surface area contributed by atoms with Crippen LogP contribution in [0, 0.1) is 11.3 Å². The molecule has 0 unspecified atom stereocenters. The van der Waals surface area contributed by atoms with Gasteiger partial charge in [-0.3, -0.25) is 9.89 Å². The van der Waals surface area contributed by atoms with Crippen LogP contribution in [0.4, 0.5) is 5.82 Å². The third-order valence-electron chi connectivity index (χ3n) is 4.06. The van der Waals surface area contributed by atoms with Gasteiger partial charge >= 0.3 is 0 Å². The number of aromatic amines is 1. The van der Waals surface area contributed by atoms with Gasteiger partial charge in [-0.25, -0.2) is 9.67 Å². The maximum atomic E-state index is 12.5. The minimum atomic E-state index is -0.299. The van der Waals surface area contributed by atoms with E-state index in [9.17, 15) is 10.1 Å². The molecule has 1 amide bonds. The van der Waals surface area contributed by atoms with Crippen molar-refractivity contribution >= 4 is 35.1 Å². The number of anilines is 1. The van der Waals surface area contributed by atoms with E-state index in [2.05, 4.69) is 25.6 Å². The number of hydrogen-bond acceptors (Lipinski definition) is 6. The summed E-state index contributed by atoms with van der Waals surface area (Å²) in [5.74, 6) is 0.685. The second-order valence-electron chi connectivity index (χ2n) is 6.08. The SMILES string of the molecule is N#Cc1cnn(-c2ccccc2)c1NC(=O)CSc1n[nH]c(-c2ccc(Cl)cc2)n1. The van der Waals surface area contributed by atoms with Gasteiger partial charge in [0.15, 0.2) is 11.6 Å². The molecule has 2 aromatic carbocycles. The monoisotopic (exact) mass is 435 g/mol. The number of H-pyrrole nitrogens is 1. The van der Waals surface area contributed by atoms with Crippen molar-refractivity contribution in [3.63, 3.8) is 0 Å². The van der Waals surface area contributed by atoms with Crippen molar-refractivity contribution in [1.29, 1.82) is 5.26 Å². The lowest BCUT2D eigenvalue weighted by molar-refractivity contribution is -0.113. The number of benzene rings is 2. The van der Waals surface area contributed by atoms with E-state index >= 15 is 0 Å². The van der Waals surface area contributed by atoms with Crippen LogP contribution < -0.4 is 5.32 Å². The molecular formula is C20H14ClN7OS. The summed E-state index contributed by atoms with van der Waals surface area (Å²) in [6.45, 7) is 0. The van der Waals surface area contributed by atoms with Crippen LogP contribution in [0.15, 0.2) is 66.0 Å². The number of amides is 1. The summed E-state index contributed by atoms with van der Waals surface area (Å²) in [4.78, 5) is 16.9. The highest BCUT2D eigenvalue weighted by atomic mass is 35.5. The van der Waals surface area contributed by atoms with Gasteiger partial charge in [0.05, 0.1) is 17.6 Å². The minimum absolute atomic E-state index is 0.0722. The van der Waals surface area contributed by atoms with Gasteiger partial charge in [-0.1, -0.05) is 41.6 Å². The molecule has 0 aliphatic carbocycles. The molecule has 0 bridgehead atoms. The van der Waals surface area contributed by atoms with Gasteiger partial charge in [-0.15, -0.1) is 5.10 Å². The Morgan fingerprint density at radius 2 is 1.97 bits per heavy atom. The van der Waals surface area contributed by atoms with Crippen LogP contribution in [0.2, 0.25) is 5.02 Å². The van der Waals surface area contributed by atoms with Gasteiger partial charge in [-0.05, 0) is 36.4 Å². The second-order valence-corrected chi connectivity index (χ2v) is 7.46. The summed E-state index contributed by atoms with van der Waals surface area (Å²) in [5.41, 5.74) is 1.86. The van der Waals surface area contributed by atoms with Gasteiger partial charge in [0.2, 0.25) is 11.1 Å². The van der Waals surface area contributed by atoms with E-state index in [-0.39, 0.29) is 17.2 Å². The molecule has 30 heavy (non-hydrogen) atoms. The number of nitrogens with one attached hydrogen (secondary N) is 2. The minimum Gasteiger partial charge on any atom is -0.309 e. The van der Waals surface area contributed by atoms with Crippen LogP contribution in [0.25, 0.3) is 17.1 Å². The summed E-state index contributed by atoms with van der Waals surface area (Å²) in [6.07, 6.45) is 1.42. The third-order valence-corrected chi connectivity index (χ3v) is 5.16. The summed E-state index contributed by atoms with van der Waals surface area (Å²) in [5, 5.41) is 24.3.